The summed E-state index contributed by atoms with van der Waals surface area (Å²) in [6.45, 7) is 5.96. The van der Waals surface area contributed by atoms with Crippen molar-refractivity contribution in [3.63, 3.8) is 0 Å². The summed E-state index contributed by atoms with van der Waals surface area (Å²) in [5.41, 5.74) is 2.92. The Kier molecular flexibility index (Phi) is 3.90. The Morgan fingerprint density at radius 2 is 2.24 bits per heavy atom. The molecule has 2 aromatic heterocycles. The molecule has 21 heavy (non-hydrogen) atoms. The van der Waals surface area contributed by atoms with Gasteiger partial charge in [-0.25, -0.2) is 4.98 Å². The molecule has 3 aromatic rings. The molecule has 110 valence electrons. The maximum Gasteiger partial charge on any atom is 0.295 e. The van der Waals surface area contributed by atoms with Gasteiger partial charge in [-0.3, -0.25) is 0 Å². The third-order valence-electron chi connectivity index (χ3n) is 3.51. The van der Waals surface area contributed by atoms with Crippen molar-refractivity contribution in [3.8, 4) is 0 Å². The number of benzene rings is 1. The number of aryl methyl sites for hydroxylation is 3. The van der Waals surface area contributed by atoms with Crippen LogP contribution in [0.15, 0.2) is 35.0 Å². The van der Waals surface area contributed by atoms with Gasteiger partial charge in [0, 0.05) is 31.9 Å². The molecule has 5 nitrogen and oxygen atoms in total. The first-order chi connectivity index (χ1) is 10.3. The van der Waals surface area contributed by atoms with Crippen molar-refractivity contribution in [2.24, 2.45) is 0 Å². The van der Waals surface area contributed by atoms with Crippen LogP contribution in [0.4, 0.5) is 6.01 Å². The van der Waals surface area contributed by atoms with Crippen LogP contribution in [-0.4, -0.2) is 21.1 Å². The van der Waals surface area contributed by atoms with Crippen molar-refractivity contribution in [2.45, 2.75) is 33.2 Å². The number of hydrogen-bond acceptors (Lipinski definition) is 4. The maximum atomic E-state index is 5.66. The maximum absolute atomic E-state index is 5.66. The summed E-state index contributed by atoms with van der Waals surface area (Å²) in [6, 6.07) is 6.62. The third kappa shape index (κ3) is 3.07. The number of nitrogens with one attached hydrogen (secondary N) is 1. The van der Waals surface area contributed by atoms with E-state index in [1.54, 1.807) is 0 Å². The normalized spacial score (nSPS) is 11.1. The minimum absolute atomic E-state index is 0.594. The van der Waals surface area contributed by atoms with Crippen molar-refractivity contribution < 1.29 is 4.42 Å². The molecule has 0 radical (unpaired) electrons. The molecule has 0 aliphatic heterocycles. The Bertz CT molecular complexity index is 729. The minimum Gasteiger partial charge on any atom is -0.424 e. The van der Waals surface area contributed by atoms with Crippen LogP contribution in [0, 0.1) is 6.92 Å². The van der Waals surface area contributed by atoms with Crippen LogP contribution < -0.4 is 5.32 Å². The molecule has 0 aliphatic carbocycles. The van der Waals surface area contributed by atoms with Gasteiger partial charge >= 0.3 is 0 Å². The van der Waals surface area contributed by atoms with Crippen molar-refractivity contribution in [1.82, 2.24) is 14.5 Å². The summed E-state index contributed by atoms with van der Waals surface area (Å²) in [7, 11) is 0. The number of fused-ring (bicyclic) bond motifs is 1. The van der Waals surface area contributed by atoms with E-state index in [1.165, 1.54) is 5.56 Å². The fourth-order valence-electron chi connectivity index (χ4n) is 2.42. The van der Waals surface area contributed by atoms with Crippen LogP contribution in [0.3, 0.4) is 0 Å². The van der Waals surface area contributed by atoms with Gasteiger partial charge in [-0.2, -0.15) is 4.98 Å². The molecular formula is C16H20N4O. The van der Waals surface area contributed by atoms with Gasteiger partial charge in [-0.15, -0.1) is 0 Å². The second-order valence-electron chi connectivity index (χ2n) is 5.16. The molecular weight excluding hydrogens is 264 g/mol. The van der Waals surface area contributed by atoms with Gasteiger partial charge in [0.2, 0.25) is 0 Å². The van der Waals surface area contributed by atoms with E-state index < -0.39 is 0 Å². The summed E-state index contributed by atoms with van der Waals surface area (Å²) in [4.78, 5) is 8.77. The summed E-state index contributed by atoms with van der Waals surface area (Å²) < 4.78 is 7.86. The molecule has 5 heteroatoms. The highest BCUT2D eigenvalue weighted by atomic mass is 16.4. The fraction of sp³-hybridized carbons (Fsp3) is 0.375. The van der Waals surface area contributed by atoms with E-state index in [9.17, 15) is 0 Å². The fourth-order valence-corrected chi connectivity index (χ4v) is 2.42. The third-order valence-corrected chi connectivity index (χ3v) is 3.51. The molecule has 1 aromatic carbocycles. The monoisotopic (exact) mass is 284 g/mol. The van der Waals surface area contributed by atoms with E-state index in [1.807, 2.05) is 30.6 Å². The molecule has 0 aliphatic rings. The Hall–Kier alpha value is -2.30. The van der Waals surface area contributed by atoms with Crippen LogP contribution in [-0.2, 0) is 13.0 Å². The standard InChI is InChI=1S/C16H20N4O/c1-3-15-17-8-10-20(15)9-4-7-18-16-19-13-11-12(2)5-6-14(13)21-16/h5-6,8,10-11H,3-4,7,9H2,1-2H3,(H,18,19). The Balaban J connectivity index is 1.54. The molecule has 2 heterocycles. The van der Waals surface area contributed by atoms with Crippen LogP contribution in [0.2, 0.25) is 0 Å². The minimum atomic E-state index is 0.594. The zero-order valence-corrected chi connectivity index (χ0v) is 12.5. The van der Waals surface area contributed by atoms with Crippen molar-refractivity contribution in [3.05, 3.63) is 42.0 Å². The highest BCUT2D eigenvalue weighted by molar-refractivity contribution is 5.75. The summed E-state index contributed by atoms with van der Waals surface area (Å²) in [5, 5.41) is 3.24. The average Bonchev–Trinajstić information content (AvgIpc) is 3.08. The average molecular weight is 284 g/mol. The van der Waals surface area contributed by atoms with Crippen LogP contribution >= 0.6 is 0 Å². The summed E-state index contributed by atoms with van der Waals surface area (Å²) in [5.74, 6) is 1.13. The zero-order chi connectivity index (χ0) is 14.7. The number of hydrogen-bond donors (Lipinski definition) is 1. The van der Waals surface area contributed by atoms with Gasteiger partial charge in [-0.1, -0.05) is 13.0 Å². The molecule has 1 N–H and O–H groups in total. The number of imidazole rings is 1. The first-order valence-electron chi connectivity index (χ1n) is 7.37. The molecule has 0 saturated carbocycles. The van der Waals surface area contributed by atoms with Gasteiger partial charge in [0.1, 0.15) is 11.3 Å². The van der Waals surface area contributed by atoms with Crippen LogP contribution in [0.5, 0.6) is 0 Å². The number of oxazole rings is 1. The molecule has 0 atom stereocenters. The van der Waals surface area contributed by atoms with E-state index >= 15 is 0 Å². The lowest BCUT2D eigenvalue weighted by molar-refractivity contribution is 0.595. The van der Waals surface area contributed by atoms with Gasteiger partial charge < -0.3 is 14.3 Å². The van der Waals surface area contributed by atoms with E-state index in [0.717, 1.165) is 42.9 Å². The molecule has 0 fully saturated rings. The second-order valence-corrected chi connectivity index (χ2v) is 5.16. The SMILES string of the molecule is CCc1nccn1CCCNc1nc2cc(C)ccc2o1. The van der Waals surface area contributed by atoms with Crippen molar-refractivity contribution >= 4 is 17.1 Å². The van der Waals surface area contributed by atoms with E-state index in [-0.39, 0.29) is 0 Å². The topological polar surface area (TPSA) is 55.9 Å². The molecule has 0 bridgehead atoms. The first-order valence-corrected chi connectivity index (χ1v) is 7.37. The molecule has 0 saturated heterocycles. The smallest absolute Gasteiger partial charge is 0.295 e. The summed E-state index contributed by atoms with van der Waals surface area (Å²) in [6.07, 6.45) is 5.85. The number of nitrogens with zero attached hydrogens (tertiary/aromatic N) is 3. The highest BCUT2D eigenvalue weighted by Crippen LogP contribution is 2.19. The Labute approximate surface area is 124 Å². The van der Waals surface area contributed by atoms with E-state index in [2.05, 4.69) is 33.7 Å². The quantitative estimate of drug-likeness (QED) is 0.705. The molecule has 0 amide bonds. The van der Waals surface area contributed by atoms with Gasteiger partial charge in [0.05, 0.1) is 0 Å². The van der Waals surface area contributed by atoms with Gasteiger partial charge in [-0.05, 0) is 31.0 Å². The number of rotatable bonds is 6. The second kappa shape index (κ2) is 5.99. The molecule has 3 rings (SSSR count). The van der Waals surface area contributed by atoms with Crippen LogP contribution in [0.1, 0.15) is 24.7 Å². The predicted molar refractivity (Wildman–Crippen MR) is 83.5 cm³/mol. The Morgan fingerprint density at radius 3 is 3.10 bits per heavy atom. The number of anilines is 1. The first kappa shape index (κ1) is 13.7. The lowest BCUT2D eigenvalue weighted by Gasteiger charge is -2.06. The van der Waals surface area contributed by atoms with Crippen molar-refractivity contribution in [1.29, 1.82) is 0 Å². The van der Waals surface area contributed by atoms with E-state index in [0.29, 0.717) is 6.01 Å². The lowest BCUT2D eigenvalue weighted by Crippen LogP contribution is -2.08. The summed E-state index contributed by atoms with van der Waals surface area (Å²) >= 11 is 0. The molecule has 0 unspecified atom stereocenters. The Morgan fingerprint density at radius 1 is 1.33 bits per heavy atom. The van der Waals surface area contributed by atoms with Gasteiger partial charge in [0.15, 0.2) is 5.58 Å². The van der Waals surface area contributed by atoms with Gasteiger partial charge in [0.25, 0.3) is 6.01 Å². The predicted octanol–water partition coefficient (Wildman–Crippen LogP) is 3.40. The zero-order valence-electron chi connectivity index (χ0n) is 12.5. The van der Waals surface area contributed by atoms with Crippen LogP contribution in [0.25, 0.3) is 11.1 Å². The largest absolute Gasteiger partial charge is 0.424 e. The van der Waals surface area contributed by atoms with Crippen molar-refractivity contribution in [2.75, 3.05) is 11.9 Å². The highest BCUT2D eigenvalue weighted by Gasteiger charge is 2.05. The molecule has 0 spiro atoms. The van der Waals surface area contributed by atoms with E-state index in [4.69, 9.17) is 4.42 Å². The number of aromatic nitrogens is 3. The lowest BCUT2D eigenvalue weighted by atomic mass is 10.2.